The lowest BCUT2D eigenvalue weighted by Crippen LogP contribution is -2.09. The molecule has 0 saturated heterocycles. The van der Waals surface area contributed by atoms with Gasteiger partial charge in [-0.3, -0.25) is 0 Å². The zero-order chi connectivity index (χ0) is 24.8. The van der Waals surface area contributed by atoms with Crippen LogP contribution in [0.1, 0.15) is 135 Å². The van der Waals surface area contributed by atoms with Crippen molar-refractivity contribution >= 4 is 67.8 Å². The smallest absolute Gasteiger partial charge is 0.0215 e. The molecule has 192 valence electrons. The normalized spacial score (nSPS) is 12.0. The summed E-state index contributed by atoms with van der Waals surface area (Å²) >= 11 is 8.10. The molecule has 0 fully saturated rings. The zero-order valence-electron chi connectivity index (χ0n) is 22.5. The van der Waals surface area contributed by atoms with Gasteiger partial charge in [-0.25, -0.2) is 0 Å². The van der Waals surface area contributed by atoms with Crippen molar-refractivity contribution < 1.29 is 0 Å². The van der Waals surface area contributed by atoms with Crippen LogP contribution in [0.15, 0.2) is 0 Å². The van der Waals surface area contributed by atoms with Crippen molar-refractivity contribution in [1.29, 1.82) is 0 Å². The van der Waals surface area contributed by atoms with Crippen LogP contribution in [0.25, 0.3) is 0 Å². The minimum atomic E-state index is 0.841. The number of benzene rings is 1. The van der Waals surface area contributed by atoms with Gasteiger partial charge in [-0.05, 0) is 141 Å². The third kappa shape index (κ3) is 13.5. The first-order valence-corrected chi connectivity index (χ1v) is 17.1. The Morgan fingerprint density at radius 3 is 0.848 bits per heavy atom. The van der Waals surface area contributed by atoms with Crippen LogP contribution < -0.4 is 0 Å². The molecule has 0 aromatic heterocycles. The van der Waals surface area contributed by atoms with E-state index in [4.69, 9.17) is 0 Å². The Morgan fingerprint density at radius 2 is 0.636 bits per heavy atom. The molecule has 0 unspecified atom stereocenters. The average Bonchev–Trinajstić information content (AvgIpc) is 2.73. The fourth-order valence-corrected chi connectivity index (χ4v) is 9.37. The third-order valence-electron chi connectivity index (χ3n) is 6.71. The van der Waals surface area contributed by atoms with Crippen LogP contribution in [0.2, 0.25) is 0 Å². The van der Waals surface area contributed by atoms with Gasteiger partial charge in [0.05, 0.1) is 0 Å². The van der Waals surface area contributed by atoms with Crippen LogP contribution in [-0.2, 0) is 19.3 Å². The molecule has 0 nitrogen and oxygen atoms in total. The quantitative estimate of drug-likeness (QED) is 0.103. The van der Waals surface area contributed by atoms with E-state index in [9.17, 15) is 0 Å². The molecule has 0 N–H and O–H groups in total. The van der Waals surface area contributed by atoms with Crippen LogP contribution in [0.4, 0.5) is 0 Å². The highest BCUT2D eigenvalue weighted by atomic mass is 127. The molecule has 3 heteroatoms. The van der Waals surface area contributed by atoms with Gasteiger partial charge >= 0.3 is 0 Å². The van der Waals surface area contributed by atoms with Crippen LogP contribution in [-0.4, -0.2) is 0 Å². The van der Waals surface area contributed by atoms with Crippen molar-refractivity contribution in [3.8, 4) is 0 Å². The Bertz CT molecular complexity index is 549. The van der Waals surface area contributed by atoms with Gasteiger partial charge in [-0.2, -0.15) is 0 Å². The summed E-state index contributed by atoms with van der Waals surface area (Å²) in [7, 11) is 0. The van der Waals surface area contributed by atoms with Crippen molar-refractivity contribution in [2.75, 3.05) is 0 Å². The zero-order valence-corrected chi connectivity index (χ0v) is 28.9. The van der Waals surface area contributed by atoms with E-state index in [1.165, 1.54) is 96.3 Å². The Morgan fingerprint density at radius 1 is 0.394 bits per heavy atom. The maximum Gasteiger partial charge on any atom is 0.0215 e. The minimum Gasteiger partial charge on any atom is -0.0628 e. The number of hydrogen-bond acceptors (Lipinski definition) is 0. The molecule has 1 rings (SSSR count). The van der Waals surface area contributed by atoms with E-state index in [0.29, 0.717) is 0 Å². The van der Waals surface area contributed by atoms with Gasteiger partial charge in [0.25, 0.3) is 0 Å². The van der Waals surface area contributed by atoms with Crippen LogP contribution in [0.3, 0.4) is 0 Å². The molecule has 0 aliphatic rings. The Kier molecular flexibility index (Phi) is 18.3. The molecule has 0 aliphatic heterocycles. The van der Waals surface area contributed by atoms with E-state index >= 15 is 0 Å². The first-order valence-electron chi connectivity index (χ1n) is 13.8. The maximum atomic E-state index is 2.70. The second-order valence-corrected chi connectivity index (χ2v) is 14.6. The molecule has 0 saturated carbocycles. The second-order valence-electron chi connectivity index (χ2n) is 11.4. The molecule has 33 heavy (non-hydrogen) atoms. The predicted molar refractivity (Wildman–Crippen MR) is 176 cm³/mol. The summed E-state index contributed by atoms with van der Waals surface area (Å²) in [4.78, 5) is 0. The standard InChI is InChI=1S/C30H51I3/c1-22(2)16-10-7-13-19-25-28(31)26(20-14-8-11-17-23(3)4)30(33)27(29(25)32)21-15-9-12-18-24(5)6/h22-24H,7-21H2,1-6H3. The SMILES string of the molecule is CC(C)CCCCCc1c(I)c(CCCCCC(C)C)c(I)c(CCCCCC(C)C)c1I. The lowest BCUT2D eigenvalue weighted by molar-refractivity contribution is 0.524. The summed E-state index contributed by atoms with van der Waals surface area (Å²) < 4.78 is 4.79. The van der Waals surface area contributed by atoms with Gasteiger partial charge < -0.3 is 0 Å². The van der Waals surface area contributed by atoms with Crippen LogP contribution in [0.5, 0.6) is 0 Å². The first kappa shape index (κ1) is 32.4. The number of unbranched alkanes of at least 4 members (excludes halogenated alkanes) is 6. The van der Waals surface area contributed by atoms with E-state index in [0.717, 1.165) is 17.8 Å². The van der Waals surface area contributed by atoms with Crippen molar-refractivity contribution in [3.05, 3.63) is 27.4 Å². The predicted octanol–water partition coefficient (Wildman–Crippen LogP) is 11.8. The fraction of sp³-hybridized carbons (Fsp3) is 0.800. The topological polar surface area (TPSA) is 0 Å². The summed E-state index contributed by atoms with van der Waals surface area (Å²) in [6, 6.07) is 0. The van der Waals surface area contributed by atoms with Crippen molar-refractivity contribution in [2.45, 2.75) is 138 Å². The molecule has 0 spiro atoms. The van der Waals surface area contributed by atoms with E-state index in [1.807, 2.05) is 0 Å². The van der Waals surface area contributed by atoms with Gasteiger partial charge in [0.15, 0.2) is 0 Å². The monoisotopic (exact) mass is 792 g/mol. The summed E-state index contributed by atoms with van der Waals surface area (Å²) in [6.45, 7) is 14.1. The van der Waals surface area contributed by atoms with Gasteiger partial charge in [0.1, 0.15) is 0 Å². The largest absolute Gasteiger partial charge is 0.0628 e. The Balaban J connectivity index is 2.91. The molecule has 1 aromatic carbocycles. The Labute approximate surface area is 248 Å². The highest BCUT2D eigenvalue weighted by Crippen LogP contribution is 2.35. The van der Waals surface area contributed by atoms with E-state index in [-0.39, 0.29) is 0 Å². The van der Waals surface area contributed by atoms with E-state index < -0.39 is 0 Å². The maximum absolute atomic E-state index is 2.70. The van der Waals surface area contributed by atoms with Gasteiger partial charge in [0.2, 0.25) is 0 Å². The van der Waals surface area contributed by atoms with Crippen LogP contribution in [0, 0.1) is 28.5 Å². The summed E-state index contributed by atoms with van der Waals surface area (Å²) in [5, 5.41) is 0. The van der Waals surface area contributed by atoms with E-state index in [1.54, 1.807) is 27.4 Å². The van der Waals surface area contributed by atoms with Crippen molar-refractivity contribution in [3.63, 3.8) is 0 Å². The highest BCUT2D eigenvalue weighted by molar-refractivity contribution is 14.1. The third-order valence-corrected chi connectivity index (χ3v) is 10.6. The molecule has 0 radical (unpaired) electrons. The lowest BCUT2D eigenvalue weighted by atomic mass is 9.94. The van der Waals surface area contributed by atoms with E-state index in [2.05, 4.69) is 109 Å². The minimum absolute atomic E-state index is 0.841. The van der Waals surface area contributed by atoms with Gasteiger partial charge in [-0.1, -0.05) is 99.3 Å². The van der Waals surface area contributed by atoms with Gasteiger partial charge in [0, 0.05) is 10.7 Å². The van der Waals surface area contributed by atoms with Crippen molar-refractivity contribution in [1.82, 2.24) is 0 Å². The molecule has 0 amide bonds. The second kappa shape index (κ2) is 18.6. The highest BCUT2D eigenvalue weighted by Gasteiger charge is 2.19. The molecule has 0 heterocycles. The number of rotatable bonds is 18. The van der Waals surface area contributed by atoms with Crippen LogP contribution >= 0.6 is 67.8 Å². The van der Waals surface area contributed by atoms with Gasteiger partial charge in [-0.15, -0.1) is 0 Å². The first-order chi connectivity index (χ1) is 15.6. The van der Waals surface area contributed by atoms with Crippen molar-refractivity contribution in [2.24, 2.45) is 17.8 Å². The molecule has 0 atom stereocenters. The molecule has 0 aliphatic carbocycles. The summed E-state index contributed by atoms with van der Waals surface area (Å²) in [6.07, 6.45) is 20.3. The molecular weight excluding hydrogens is 741 g/mol. The number of halogens is 3. The summed E-state index contributed by atoms with van der Waals surface area (Å²) in [5.74, 6) is 2.52. The fourth-order valence-electron chi connectivity index (χ4n) is 4.59. The molecule has 1 aromatic rings. The number of hydrogen-bond donors (Lipinski definition) is 0. The molecular formula is C30H51I3. The average molecular weight is 792 g/mol. The summed E-state index contributed by atoms with van der Waals surface area (Å²) in [5.41, 5.74) is 5.03. The Hall–Kier alpha value is 1.41. The molecule has 0 bridgehead atoms. The lowest BCUT2D eigenvalue weighted by Gasteiger charge is -2.20.